The molecule has 2 aliphatic rings. The monoisotopic (exact) mass is 375 g/mol. The standard InChI is InChI=1S/C20H29N3O4/c24-13-18-16(23-20(26)17-7-3-4-11-21-17)9-8-15(27-18)10-12-22-19(25)14-5-1-2-6-14/h3-4,7,11,14-16,18,24H,1-2,5-6,8-10,12-13H2,(H,22,25)(H,23,26)/t15-,16-,18+/m0/s1. The van der Waals surface area contributed by atoms with Gasteiger partial charge in [-0.05, 0) is 44.2 Å². The van der Waals surface area contributed by atoms with E-state index in [4.69, 9.17) is 4.74 Å². The summed E-state index contributed by atoms with van der Waals surface area (Å²) in [6.07, 6.45) is 7.62. The van der Waals surface area contributed by atoms with Crippen molar-refractivity contribution < 1.29 is 19.4 Å². The number of aromatic nitrogens is 1. The van der Waals surface area contributed by atoms with Crippen LogP contribution in [-0.2, 0) is 9.53 Å². The lowest BCUT2D eigenvalue weighted by molar-refractivity contribution is -0.125. The minimum Gasteiger partial charge on any atom is -0.394 e. The minimum absolute atomic E-state index is 0.0194. The van der Waals surface area contributed by atoms with Crippen LogP contribution in [0.25, 0.3) is 0 Å². The fourth-order valence-corrected chi connectivity index (χ4v) is 3.94. The first kappa shape index (κ1) is 19.8. The molecule has 1 saturated heterocycles. The molecule has 3 atom stereocenters. The van der Waals surface area contributed by atoms with E-state index in [0.29, 0.717) is 12.2 Å². The molecule has 0 radical (unpaired) electrons. The molecule has 3 rings (SSSR count). The molecule has 1 aromatic rings. The highest BCUT2D eigenvalue weighted by Crippen LogP contribution is 2.25. The van der Waals surface area contributed by atoms with Crippen LogP contribution in [0.3, 0.4) is 0 Å². The van der Waals surface area contributed by atoms with Gasteiger partial charge >= 0.3 is 0 Å². The Labute approximate surface area is 159 Å². The molecule has 0 unspecified atom stereocenters. The minimum atomic E-state index is -0.443. The second-order valence-corrected chi connectivity index (χ2v) is 7.41. The molecule has 148 valence electrons. The fraction of sp³-hybridized carbons (Fsp3) is 0.650. The summed E-state index contributed by atoms with van der Waals surface area (Å²) in [7, 11) is 0. The third kappa shape index (κ3) is 5.49. The Bertz CT molecular complexity index is 619. The molecule has 2 fully saturated rings. The number of aliphatic hydroxyl groups excluding tert-OH is 1. The molecule has 0 bridgehead atoms. The van der Waals surface area contributed by atoms with Gasteiger partial charge in [-0.1, -0.05) is 18.9 Å². The lowest BCUT2D eigenvalue weighted by atomic mass is 9.97. The van der Waals surface area contributed by atoms with Crippen molar-refractivity contribution in [3.8, 4) is 0 Å². The van der Waals surface area contributed by atoms with Crippen LogP contribution in [0.5, 0.6) is 0 Å². The highest BCUT2D eigenvalue weighted by atomic mass is 16.5. The molecule has 1 aliphatic carbocycles. The molecule has 3 N–H and O–H groups in total. The Morgan fingerprint density at radius 2 is 2.00 bits per heavy atom. The summed E-state index contributed by atoms with van der Waals surface area (Å²) >= 11 is 0. The Kier molecular flexibility index (Phi) is 7.18. The van der Waals surface area contributed by atoms with E-state index in [0.717, 1.165) is 44.9 Å². The number of carbonyl (C=O) groups excluding carboxylic acids is 2. The Balaban J connectivity index is 1.42. The maximum Gasteiger partial charge on any atom is 0.270 e. The van der Waals surface area contributed by atoms with E-state index >= 15 is 0 Å². The number of nitrogens with zero attached hydrogens (tertiary/aromatic N) is 1. The van der Waals surface area contributed by atoms with E-state index in [1.807, 2.05) is 0 Å². The lowest BCUT2D eigenvalue weighted by Crippen LogP contribution is -2.51. The number of rotatable bonds is 7. The summed E-state index contributed by atoms with van der Waals surface area (Å²) < 4.78 is 5.96. The van der Waals surface area contributed by atoms with E-state index in [2.05, 4.69) is 15.6 Å². The first-order valence-corrected chi connectivity index (χ1v) is 9.93. The van der Waals surface area contributed by atoms with E-state index in [-0.39, 0.29) is 36.5 Å². The smallest absolute Gasteiger partial charge is 0.270 e. The highest BCUT2D eigenvalue weighted by molar-refractivity contribution is 5.92. The normalized spacial score (nSPS) is 25.9. The first-order chi connectivity index (χ1) is 13.2. The first-order valence-electron chi connectivity index (χ1n) is 9.93. The molecule has 2 heterocycles. The van der Waals surface area contributed by atoms with Gasteiger partial charge in [-0.2, -0.15) is 0 Å². The number of nitrogens with one attached hydrogen (secondary N) is 2. The average molecular weight is 375 g/mol. The summed E-state index contributed by atoms with van der Waals surface area (Å²) in [5.74, 6) is 0.0705. The van der Waals surface area contributed by atoms with Crippen molar-refractivity contribution in [1.82, 2.24) is 15.6 Å². The summed E-state index contributed by atoms with van der Waals surface area (Å²) in [4.78, 5) is 28.4. The number of hydrogen-bond acceptors (Lipinski definition) is 5. The van der Waals surface area contributed by atoms with Gasteiger partial charge in [0.2, 0.25) is 5.91 Å². The van der Waals surface area contributed by atoms with Gasteiger partial charge in [-0.15, -0.1) is 0 Å². The molecule has 7 heteroatoms. The van der Waals surface area contributed by atoms with Gasteiger partial charge in [0.05, 0.1) is 18.8 Å². The van der Waals surface area contributed by atoms with Gasteiger partial charge in [0, 0.05) is 18.7 Å². The van der Waals surface area contributed by atoms with Crippen molar-refractivity contribution in [2.75, 3.05) is 13.2 Å². The summed E-state index contributed by atoms with van der Waals surface area (Å²) in [6, 6.07) is 4.93. The molecule has 1 aromatic heterocycles. The van der Waals surface area contributed by atoms with Crippen LogP contribution < -0.4 is 10.6 Å². The van der Waals surface area contributed by atoms with Crippen LogP contribution in [0, 0.1) is 5.92 Å². The number of hydrogen-bond donors (Lipinski definition) is 3. The van der Waals surface area contributed by atoms with Crippen molar-refractivity contribution in [2.45, 2.75) is 63.2 Å². The molecule has 0 aromatic carbocycles. The summed E-state index contributed by atoms with van der Waals surface area (Å²) in [6.45, 7) is 0.432. The molecule has 7 nitrogen and oxygen atoms in total. The summed E-state index contributed by atoms with van der Waals surface area (Å²) in [5.41, 5.74) is 0.353. The highest BCUT2D eigenvalue weighted by Gasteiger charge is 2.32. The van der Waals surface area contributed by atoms with Crippen molar-refractivity contribution in [3.63, 3.8) is 0 Å². The Morgan fingerprint density at radius 1 is 1.19 bits per heavy atom. The second-order valence-electron chi connectivity index (χ2n) is 7.41. The van der Waals surface area contributed by atoms with Crippen molar-refractivity contribution in [1.29, 1.82) is 0 Å². The number of aliphatic hydroxyl groups is 1. The van der Waals surface area contributed by atoms with Gasteiger partial charge in [0.1, 0.15) is 11.8 Å². The van der Waals surface area contributed by atoms with Crippen LogP contribution >= 0.6 is 0 Å². The van der Waals surface area contributed by atoms with Gasteiger partial charge in [-0.3, -0.25) is 14.6 Å². The van der Waals surface area contributed by atoms with Gasteiger partial charge in [0.15, 0.2) is 0 Å². The topological polar surface area (TPSA) is 101 Å². The van der Waals surface area contributed by atoms with Crippen molar-refractivity contribution in [2.24, 2.45) is 5.92 Å². The third-order valence-corrected chi connectivity index (χ3v) is 5.50. The zero-order valence-corrected chi connectivity index (χ0v) is 15.6. The van der Waals surface area contributed by atoms with Crippen LogP contribution in [0.15, 0.2) is 24.4 Å². The quantitative estimate of drug-likeness (QED) is 0.669. The van der Waals surface area contributed by atoms with E-state index in [1.165, 1.54) is 0 Å². The fourth-order valence-electron chi connectivity index (χ4n) is 3.94. The predicted molar refractivity (Wildman–Crippen MR) is 100 cm³/mol. The zero-order valence-electron chi connectivity index (χ0n) is 15.6. The molecule has 2 amide bonds. The number of amides is 2. The molecule has 1 aliphatic heterocycles. The predicted octanol–water partition coefficient (Wildman–Crippen LogP) is 1.42. The zero-order chi connectivity index (χ0) is 19.1. The molecular formula is C20H29N3O4. The van der Waals surface area contributed by atoms with Crippen molar-refractivity contribution >= 4 is 11.8 Å². The molecule has 27 heavy (non-hydrogen) atoms. The van der Waals surface area contributed by atoms with Gasteiger partial charge < -0.3 is 20.5 Å². The van der Waals surface area contributed by atoms with Crippen LogP contribution in [0.4, 0.5) is 0 Å². The van der Waals surface area contributed by atoms with Crippen LogP contribution in [0.2, 0.25) is 0 Å². The Morgan fingerprint density at radius 3 is 2.70 bits per heavy atom. The van der Waals surface area contributed by atoms with E-state index in [9.17, 15) is 14.7 Å². The molecule has 1 saturated carbocycles. The second kappa shape index (κ2) is 9.80. The van der Waals surface area contributed by atoms with E-state index in [1.54, 1.807) is 24.4 Å². The van der Waals surface area contributed by atoms with Crippen molar-refractivity contribution in [3.05, 3.63) is 30.1 Å². The molecule has 0 spiro atoms. The number of ether oxygens (including phenoxy) is 1. The number of pyridine rings is 1. The van der Waals surface area contributed by atoms with E-state index < -0.39 is 6.10 Å². The SMILES string of the molecule is O=C(N[C@H]1CC[C@@H](CCNC(=O)C2CCCC2)O[C@@H]1CO)c1ccccn1. The lowest BCUT2D eigenvalue weighted by Gasteiger charge is -2.36. The maximum atomic E-state index is 12.3. The average Bonchev–Trinajstić information content (AvgIpc) is 3.24. The number of carbonyl (C=O) groups is 2. The third-order valence-electron chi connectivity index (χ3n) is 5.50. The summed E-state index contributed by atoms with van der Waals surface area (Å²) in [5, 5.41) is 15.6. The van der Waals surface area contributed by atoms with Gasteiger partial charge in [-0.25, -0.2) is 0 Å². The van der Waals surface area contributed by atoms with Crippen LogP contribution in [-0.4, -0.2) is 53.3 Å². The van der Waals surface area contributed by atoms with Gasteiger partial charge in [0.25, 0.3) is 5.91 Å². The largest absolute Gasteiger partial charge is 0.394 e. The maximum absolute atomic E-state index is 12.3. The van der Waals surface area contributed by atoms with Crippen LogP contribution in [0.1, 0.15) is 55.4 Å². The molecular weight excluding hydrogens is 346 g/mol. The Hall–Kier alpha value is -1.99.